The molecule has 0 radical (unpaired) electrons. The van der Waals surface area contributed by atoms with Crippen LogP contribution in [0.25, 0.3) is 0 Å². The van der Waals surface area contributed by atoms with E-state index in [4.69, 9.17) is 9.84 Å². The van der Waals surface area contributed by atoms with Crippen LogP contribution in [0.3, 0.4) is 0 Å². The number of ether oxygens (including phenoxy) is 1. The summed E-state index contributed by atoms with van der Waals surface area (Å²) >= 11 is 0. The molecule has 0 bridgehead atoms. The number of unbranched alkanes of at least 4 members (excludes halogenated alkanes) is 1. The van der Waals surface area contributed by atoms with E-state index >= 15 is 0 Å². The monoisotopic (exact) mass is 245 g/mol. The predicted octanol–water partition coefficient (Wildman–Crippen LogP) is 1.56. The third kappa shape index (κ3) is 12.8. The molecule has 0 rings (SSSR count). The van der Waals surface area contributed by atoms with Gasteiger partial charge < -0.3 is 15.2 Å². The Hall–Kier alpha value is -1.10. The largest absolute Gasteiger partial charge is 0.481 e. The van der Waals surface area contributed by atoms with Gasteiger partial charge in [0, 0.05) is 19.6 Å². The van der Waals surface area contributed by atoms with Crippen molar-refractivity contribution < 1.29 is 19.4 Å². The standard InChI is InChI=1S/C12H23NO4/c1-12(2,3)17-9-5-4-8-13-10(14)6-7-11(15)16/h4-9H2,1-3H3,(H,13,14)(H,15,16). The highest BCUT2D eigenvalue weighted by molar-refractivity contribution is 5.80. The van der Waals surface area contributed by atoms with Crippen LogP contribution in [-0.2, 0) is 14.3 Å². The van der Waals surface area contributed by atoms with Gasteiger partial charge in [-0.25, -0.2) is 0 Å². The average Bonchev–Trinajstić information content (AvgIpc) is 2.18. The van der Waals surface area contributed by atoms with Crippen molar-refractivity contribution in [3.63, 3.8) is 0 Å². The number of carboxylic acid groups (broad SMARTS) is 1. The maximum atomic E-state index is 11.1. The Morgan fingerprint density at radius 3 is 2.35 bits per heavy atom. The van der Waals surface area contributed by atoms with Gasteiger partial charge in [-0.3, -0.25) is 9.59 Å². The fraction of sp³-hybridized carbons (Fsp3) is 0.833. The van der Waals surface area contributed by atoms with Crippen LogP contribution in [0.15, 0.2) is 0 Å². The summed E-state index contributed by atoms with van der Waals surface area (Å²) in [7, 11) is 0. The molecule has 0 aliphatic carbocycles. The molecule has 2 N–H and O–H groups in total. The zero-order chi connectivity index (χ0) is 13.3. The highest BCUT2D eigenvalue weighted by Crippen LogP contribution is 2.07. The summed E-state index contributed by atoms with van der Waals surface area (Å²) in [5.41, 5.74) is -0.120. The predicted molar refractivity (Wildman–Crippen MR) is 64.8 cm³/mol. The lowest BCUT2D eigenvalue weighted by Gasteiger charge is -2.19. The van der Waals surface area contributed by atoms with Gasteiger partial charge in [-0.05, 0) is 33.6 Å². The van der Waals surface area contributed by atoms with Gasteiger partial charge in [-0.15, -0.1) is 0 Å². The average molecular weight is 245 g/mol. The van der Waals surface area contributed by atoms with Crippen LogP contribution < -0.4 is 5.32 Å². The second-order valence-corrected chi connectivity index (χ2v) is 4.91. The summed E-state index contributed by atoms with van der Waals surface area (Å²) in [5, 5.41) is 11.1. The molecular weight excluding hydrogens is 222 g/mol. The molecule has 0 aromatic heterocycles. The Morgan fingerprint density at radius 1 is 1.18 bits per heavy atom. The first-order chi connectivity index (χ1) is 7.81. The van der Waals surface area contributed by atoms with E-state index in [0.717, 1.165) is 12.8 Å². The van der Waals surface area contributed by atoms with Crippen molar-refractivity contribution in [1.82, 2.24) is 5.32 Å². The summed E-state index contributed by atoms with van der Waals surface area (Å²) in [4.78, 5) is 21.4. The fourth-order valence-corrected chi connectivity index (χ4v) is 1.14. The molecule has 0 saturated heterocycles. The summed E-state index contributed by atoms with van der Waals surface area (Å²) in [6, 6.07) is 0. The Morgan fingerprint density at radius 2 is 1.82 bits per heavy atom. The minimum Gasteiger partial charge on any atom is -0.481 e. The van der Waals surface area contributed by atoms with Gasteiger partial charge in [0.15, 0.2) is 0 Å². The molecule has 0 saturated carbocycles. The fourth-order valence-electron chi connectivity index (χ4n) is 1.14. The molecule has 5 nitrogen and oxygen atoms in total. The van der Waals surface area contributed by atoms with Gasteiger partial charge in [0.05, 0.1) is 12.0 Å². The Labute approximate surface area is 103 Å². The van der Waals surface area contributed by atoms with E-state index in [2.05, 4.69) is 5.32 Å². The summed E-state index contributed by atoms with van der Waals surface area (Å²) in [6.45, 7) is 7.25. The van der Waals surface area contributed by atoms with Crippen molar-refractivity contribution in [2.75, 3.05) is 13.2 Å². The highest BCUT2D eigenvalue weighted by atomic mass is 16.5. The first-order valence-corrected chi connectivity index (χ1v) is 5.94. The van der Waals surface area contributed by atoms with E-state index in [1.165, 1.54) is 0 Å². The maximum absolute atomic E-state index is 11.1. The minimum atomic E-state index is -0.946. The molecule has 100 valence electrons. The number of carbonyl (C=O) groups is 2. The van der Waals surface area contributed by atoms with E-state index in [1.54, 1.807) is 0 Å². The van der Waals surface area contributed by atoms with Gasteiger partial charge in [0.25, 0.3) is 0 Å². The molecule has 1 amide bonds. The van der Waals surface area contributed by atoms with Gasteiger partial charge in [-0.2, -0.15) is 0 Å². The normalized spacial score (nSPS) is 11.2. The SMILES string of the molecule is CC(C)(C)OCCCCNC(=O)CCC(=O)O. The lowest BCUT2D eigenvalue weighted by molar-refractivity contribution is -0.138. The van der Waals surface area contributed by atoms with Crippen LogP contribution in [-0.4, -0.2) is 35.7 Å². The zero-order valence-electron chi connectivity index (χ0n) is 10.9. The quantitative estimate of drug-likeness (QED) is 0.636. The van der Waals surface area contributed by atoms with E-state index < -0.39 is 5.97 Å². The van der Waals surface area contributed by atoms with Crippen molar-refractivity contribution in [3.05, 3.63) is 0 Å². The number of rotatable bonds is 8. The van der Waals surface area contributed by atoms with Crippen LogP contribution in [0.4, 0.5) is 0 Å². The second-order valence-electron chi connectivity index (χ2n) is 4.91. The molecule has 0 aliphatic rings. The van der Waals surface area contributed by atoms with Crippen molar-refractivity contribution in [2.45, 2.75) is 52.1 Å². The molecule has 0 unspecified atom stereocenters. The number of carboxylic acids is 1. The number of hydrogen-bond donors (Lipinski definition) is 2. The lowest BCUT2D eigenvalue weighted by atomic mass is 10.2. The van der Waals surface area contributed by atoms with E-state index in [0.29, 0.717) is 13.2 Å². The second kappa shape index (κ2) is 8.06. The van der Waals surface area contributed by atoms with Crippen LogP contribution in [0.5, 0.6) is 0 Å². The first kappa shape index (κ1) is 15.9. The van der Waals surface area contributed by atoms with Crippen LogP contribution >= 0.6 is 0 Å². The topological polar surface area (TPSA) is 75.6 Å². The molecule has 0 aromatic carbocycles. The van der Waals surface area contributed by atoms with Crippen molar-refractivity contribution >= 4 is 11.9 Å². The van der Waals surface area contributed by atoms with Gasteiger partial charge in [-0.1, -0.05) is 0 Å². The number of aliphatic carboxylic acids is 1. The summed E-state index contributed by atoms with van der Waals surface area (Å²) < 4.78 is 5.52. The van der Waals surface area contributed by atoms with Crippen molar-refractivity contribution in [1.29, 1.82) is 0 Å². The van der Waals surface area contributed by atoms with E-state index in [9.17, 15) is 9.59 Å². The number of amides is 1. The first-order valence-electron chi connectivity index (χ1n) is 5.94. The van der Waals surface area contributed by atoms with Gasteiger partial charge >= 0.3 is 5.97 Å². The van der Waals surface area contributed by atoms with Crippen molar-refractivity contribution in [2.24, 2.45) is 0 Å². The molecule has 0 fully saturated rings. The summed E-state index contributed by atoms with van der Waals surface area (Å²) in [6.07, 6.45) is 1.66. The van der Waals surface area contributed by atoms with Crippen LogP contribution in [0.2, 0.25) is 0 Å². The molecular formula is C12H23NO4. The van der Waals surface area contributed by atoms with E-state index in [1.807, 2.05) is 20.8 Å². The molecule has 5 heteroatoms. The number of carbonyl (C=O) groups excluding carboxylic acids is 1. The molecule has 0 aromatic rings. The molecule has 0 aliphatic heterocycles. The van der Waals surface area contributed by atoms with Crippen LogP contribution in [0.1, 0.15) is 46.5 Å². The maximum Gasteiger partial charge on any atom is 0.303 e. The molecule has 17 heavy (non-hydrogen) atoms. The Balaban J connectivity index is 3.34. The molecule has 0 heterocycles. The molecule has 0 spiro atoms. The summed E-state index contributed by atoms with van der Waals surface area (Å²) in [5.74, 6) is -1.15. The van der Waals surface area contributed by atoms with E-state index in [-0.39, 0.29) is 24.3 Å². The van der Waals surface area contributed by atoms with Crippen LogP contribution in [0, 0.1) is 0 Å². The number of hydrogen-bond acceptors (Lipinski definition) is 3. The van der Waals surface area contributed by atoms with Gasteiger partial charge in [0.1, 0.15) is 0 Å². The number of nitrogens with one attached hydrogen (secondary N) is 1. The Kier molecular flexibility index (Phi) is 7.54. The van der Waals surface area contributed by atoms with Gasteiger partial charge in [0.2, 0.25) is 5.91 Å². The minimum absolute atomic E-state index is 0.0494. The highest BCUT2D eigenvalue weighted by Gasteiger charge is 2.09. The molecule has 0 atom stereocenters. The Bertz CT molecular complexity index is 245. The smallest absolute Gasteiger partial charge is 0.303 e. The third-order valence-corrected chi connectivity index (χ3v) is 1.99. The van der Waals surface area contributed by atoms with Crippen molar-refractivity contribution in [3.8, 4) is 0 Å². The lowest BCUT2D eigenvalue weighted by Crippen LogP contribution is -2.25. The zero-order valence-corrected chi connectivity index (χ0v) is 10.9. The third-order valence-electron chi connectivity index (χ3n) is 1.99.